The molecular weight excluding hydrogens is 686 g/mol. The van der Waals surface area contributed by atoms with Gasteiger partial charge in [-0.2, -0.15) is 5.10 Å². The Bertz CT molecular complexity index is 2020. The van der Waals surface area contributed by atoms with E-state index in [1.165, 1.54) is 23.7 Å². The van der Waals surface area contributed by atoms with Crippen molar-refractivity contribution in [2.75, 3.05) is 37.5 Å². The van der Waals surface area contributed by atoms with Crippen LogP contribution in [-0.4, -0.2) is 64.5 Å². The highest BCUT2D eigenvalue weighted by Gasteiger charge is 2.54. The molecule has 2 fully saturated rings. The number of benzene rings is 2. The van der Waals surface area contributed by atoms with Crippen LogP contribution in [-0.2, 0) is 26.6 Å². The van der Waals surface area contributed by atoms with Gasteiger partial charge in [-0.3, -0.25) is 19.0 Å². The number of aryl methyl sites for hydroxylation is 1. The van der Waals surface area contributed by atoms with Crippen LogP contribution in [0.25, 0.3) is 0 Å². The lowest BCUT2D eigenvalue weighted by molar-refractivity contribution is 0.0131. The third-order valence-corrected chi connectivity index (χ3v) is 14.0. The topological polar surface area (TPSA) is 115 Å². The van der Waals surface area contributed by atoms with Crippen LogP contribution in [0.15, 0.2) is 65.3 Å². The zero-order valence-electron chi connectivity index (χ0n) is 29.4. The summed E-state index contributed by atoms with van der Waals surface area (Å²) in [6.45, 7) is 6.50. The van der Waals surface area contributed by atoms with Crippen LogP contribution >= 0.6 is 11.6 Å². The molecule has 10 nitrogen and oxygen atoms in total. The number of nitrogens with zero attached hydrogens (tertiary/aromatic N) is 4. The van der Waals surface area contributed by atoms with Gasteiger partial charge in [0.1, 0.15) is 15.7 Å². The third kappa shape index (κ3) is 6.61. The van der Waals surface area contributed by atoms with Gasteiger partial charge in [-0.25, -0.2) is 4.21 Å². The molecule has 1 unspecified atom stereocenters. The summed E-state index contributed by atoms with van der Waals surface area (Å²) in [5.74, 6) is 1.26. The van der Waals surface area contributed by atoms with Gasteiger partial charge in [-0.05, 0) is 110 Å². The highest BCUT2D eigenvalue weighted by Crippen LogP contribution is 2.61. The van der Waals surface area contributed by atoms with E-state index in [9.17, 15) is 13.8 Å². The number of carbonyl (C=O) groups is 2. The monoisotopic (exact) mass is 731 g/mol. The number of hydrogen-bond donors (Lipinski definition) is 1. The molecule has 12 heteroatoms. The summed E-state index contributed by atoms with van der Waals surface area (Å²) in [7, 11) is -1.75. The molecule has 3 aliphatic carbocycles. The van der Waals surface area contributed by atoms with E-state index in [4.69, 9.17) is 21.1 Å². The van der Waals surface area contributed by atoms with Crippen molar-refractivity contribution in [3.05, 3.63) is 88.2 Å². The molecule has 0 saturated heterocycles. The third-order valence-electron chi connectivity index (χ3n) is 11.8. The first-order chi connectivity index (χ1) is 24.6. The first-order valence-corrected chi connectivity index (χ1v) is 20.3. The minimum Gasteiger partial charge on any atom is -0.490 e. The molecule has 51 heavy (non-hydrogen) atoms. The molecule has 2 saturated carbocycles. The van der Waals surface area contributed by atoms with E-state index in [0.29, 0.717) is 54.6 Å². The summed E-state index contributed by atoms with van der Waals surface area (Å²) in [5.41, 5.74) is 3.81. The lowest BCUT2D eigenvalue weighted by atomic mass is 9.68. The smallest absolute Gasteiger partial charge is 0.286 e. The van der Waals surface area contributed by atoms with Gasteiger partial charge in [-0.1, -0.05) is 36.7 Å². The van der Waals surface area contributed by atoms with Crippen molar-refractivity contribution in [1.82, 2.24) is 14.5 Å². The first-order valence-electron chi connectivity index (χ1n) is 18.2. The molecular formula is C39H46ClN5O5S. The summed E-state index contributed by atoms with van der Waals surface area (Å²) in [4.78, 5) is 29.8. The summed E-state index contributed by atoms with van der Waals surface area (Å²) in [6.07, 6.45) is 12.2. The number of nitrogens with one attached hydrogen (secondary N) is 1. The average molecular weight is 732 g/mol. The number of allylic oxidation sites excluding steroid dienone is 1. The number of halogens is 1. The lowest BCUT2D eigenvalue weighted by Crippen LogP contribution is -2.49. The quantitative estimate of drug-likeness (QED) is 0.294. The van der Waals surface area contributed by atoms with Gasteiger partial charge >= 0.3 is 0 Å². The maximum atomic E-state index is 14.5. The molecule has 270 valence electrons. The Hall–Kier alpha value is -3.67. The van der Waals surface area contributed by atoms with E-state index in [-0.39, 0.29) is 28.8 Å². The predicted molar refractivity (Wildman–Crippen MR) is 198 cm³/mol. The zero-order valence-corrected chi connectivity index (χ0v) is 31.0. The van der Waals surface area contributed by atoms with Gasteiger partial charge in [0.15, 0.2) is 0 Å². The molecule has 0 radical (unpaired) electrons. The molecule has 3 heterocycles. The number of carbonyl (C=O) groups excluding carboxylic acids is 2. The van der Waals surface area contributed by atoms with E-state index < -0.39 is 21.7 Å². The number of hydrogen-bond acceptors (Lipinski definition) is 7. The van der Waals surface area contributed by atoms with Crippen LogP contribution in [0.5, 0.6) is 5.75 Å². The van der Waals surface area contributed by atoms with Crippen molar-refractivity contribution in [3.8, 4) is 5.75 Å². The Morgan fingerprint density at radius 3 is 2.82 bits per heavy atom. The Labute approximate surface area is 305 Å². The van der Waals surface area contributed by atoms with E-state index in [1.807, 2.05) is 32.0 Å². The van der Waals surface area contributed by atoms with Crippen LogP contribution in [0.4, 0.5) is 5.69 Å². The normalized spacial score (nSPS) is 33.3. The molecule has 2 bridgehead atoms. The van der Waals surface area contributed by atoms with Crippen molar-refractivity contribution in [3.63, 3.8) is 0 Å². The van der Waals surface area contributed by atoms with Gasteiger partial charge in [0.2, 0.25) is 0 Å². The maximum Gasteiger partial charge on any atom is 0.286 e. The number of ether oxygens (including phenoxy) is 2. The van der Waals surface area contributed by atoms with Crippen molar-refractivity contribution in [1.29, 1.82) is 0 Å². The van der Waals surface area contributed by atoms with Crippen molar-refractivity contribution in [2.45, 2.75) is 69.9 Å². The SMILES string of the molecule is CCn1cc(C(=O)N[S@@]2(=O)=NC(=O)c3ccc4c(c3)N(C[C@@H]3CC[C@H]3[C@@H](OC)/C=C/C[C@H](C)C2)C[C@]2(CO4)C[C@@H]3CC3c3cc(Cl)ccc32)cn1. The van der Waals surface area contributed by atoms with Crippen LogP contribution in [0.1, 0.15) is 83.7 Å². The number of methoxy groups -OCH3 is 1. The fourth-order valence-corrected chi connectivity index (χ4v) is 11.0. The van der Waals surface area contributed by atoms with Gasteiger partial charge in [0, 0.05) is 48.9 Å². The molecule has 5 aliphatic rings. The van der Waals surface area contributed by atoms with Gasteiger partial charge in [0.05, 0.1) is 35.9 Å². The Kier molecular flexibility index (Phi) is 9.03. The number of fused-ring (bicyclic) bond motifs is 6. The molecule has 2 aliphatic heterocycles. The Balaban J connectivity index is 1.20. The second-order valence-electron chi connectivity index (χ2n) is 15.4. The van der Waals surface area contributed by atoms with Crippen molar-refractivity contribution < 1.29 is 23.3 Å². The first kappa shape index (κ1) is 34.4. The molecule has 1 spiro atoms. The number of rotatable bonds is 4. The van der Waals surface area contributed by atoms with E-state index in [0.717, 1.165) is 43.1 Å². The van der Waals surface area contributed by atoms with E-state index >= 15 is 0 Å². The minimum atomic E-state index is -3.52. The van der Waals surface area contributed by atoms with Crippen LogP contribution < -0.4 is 14.4 Å². The van der Waals surface area contributed by atoms with Crippen LogP contribution in [0.2, 0.25) is 5.02 Å². The molecule has 8 atom stereocenters. The highest BCUT2D eigenvalue weighted by atomic mass is 35.5. The molecule has 8 rings (SSSR count). The summed E-state index contributed by atoms with van der Waals surface area (Å²) in [5, 5.41) is 4.95. The largest absolute Gasteiger partial charge is 0.490 e. The van der Waals surface area contributed by atoms with E-state index in [2.05, 4.69) is 43.4 Å². The predicted octanol–water partition coefficient (Wildman–Crippen LogP) is 6.79. The van der Waals surface area contributed by atoms with E-state index in [1.54, 1.807) is 24.1 Å². The van der Waals surface area contributed by atoms with Crippen LogP contribution in [0, 0.1) is 23.7 Å². The second kappa shape index (κ2) is 13.4. The molecule has 1 N–H and O–H groups in total. The molecule has 1 aromatic heterocycles. The standard InChI is InChI=1S/C39H46ClN5O5S/c1-4-45-20-28(18-41-45)38(47)43-51(48)21-24(2)6-5-7-35(49-3)30-11-8-26(30)19-44-22-39(17-27-14-31(27)32-16-29(40)10-12-33(32)39)23-50-36-13-9-25(15-34(36)44)37(46)42-51/h5,7,9-10,12-13,15-16,18,20,24,26-27,30-31,35H,4,6,8,11,14,17,19,21-23H2,1-3H3,(H,42,43,46,47,48)/b7-5+/t24-,26-,27-,30+,31?,35-,39-,51-/m0/s1. The van der Waals surface area contributed by atoms with Gasteiger partial charge < -0.3 is 14.4 Å². The molecule has 2 aromatic carbocycles. The van der Waals surface area contributed by atoms with Crippen molar-refractivity contribution >= 4 is 39.0 Å². The molecule has 2 amide bonds. The molecule has 3 aromatic rings. The average Bonchev–Trinajstić information content (AvgIpc) is 3.74. The number of amides is 2. The lowest BCUT2D eigenvalue weighted by Gasteiger charge is -2.46. The summed E-state index contributed by atoms with van der Waals surface area (Å²) in [6, 6.07) is 11.7. The summed E-state index contributed by atoms with van der Waals surface area (Å²) < 4.78 is 35.8. The van der Waals surface area contributed by atoms with Gasteiger partial charge in [-0.15, -0.1) is 4.36 Å². The zero-order chi connectivity index (χ0) is 35.5. The van der Waals surface area contributed by atoms with Gasteiger partial charge in [0.25, 0.3) is 11.8 Å². The Morgan fingerprint density at radius 2 is 2.06 bits per heavy atom. The minimum absolute atomic E-state index is 0.00865. The van der Waals surface area contributed by atoms with Crippen molar-refractivity contribution in [2.24, 2.45) is 28.0 Å². The second-order valence-corrected chi connectivity index (χ2v) is 17.8. The number of aromatic nitrogens is 2. The Morgan fingerprint density at radius 1 is 1.20 bits per heavy atom. The van der Waals surface area contributed by atoms with Crippen LogP contribution in [0.3, 0.4) is 0 Å². The fourth-order valence-electron chi connectivity index (χ4n) is 8.95. The highest BCUT2D eigenvalue weighted by molar-refractivity contribution is 7.92. The maximum absolute atomic E-state index is 14.5. The summed E-state index contributed by atoms with van der Waals surface area (Å²) >= 11 is 6.54. The number of anilines is 1. The fraction of sp³-hybridized carbons (Fsp3) is 0.513.